The van der Waals surface area contributed by atoms with E-state index in [4.69, 9.17) is 5.11 Å². The van der Waals surface area contributed by atoms with Crippen molar-refractivity contribution in [3.05, 3.63) is 76.0 Å². The van der Waals surface area contributed by atoms with Gasteiger partial charge >= 0.3 is 5.97 Å². The number of aliphatic carboxylic acids is 1. The first-order valence-corrected chi connectivity index (χ1v) is 14.5. The predicted octanol–water partition coefficient (Wildman–Crippen LogP) is 4.33. The average molecular weight is 545 g/mol. The summed E-state index contributed by atoms with van der Waals surface area (Å²) in [6, 6.07) is 16.3. The van der Waals surface area contributed by atoms with Gasteiger partial charge < -0.3 is 15.5 Å². The largest absolute Gasteiger partial charge is 0.481 e. The zero-order valence-electron chi connectivity index (χ0n) is 21.8. The van der Waals surface area contributed by atoms with Crippen LogP contribution in [-0.2, 0) is 27.7 Å². The van der Waals surface area contributed by atoms with Crippen LogP contribution in [0.5, 0.6) is 0 Å². The Bertz CT molecular complexity index is 1320. The van der Waals surface area contributed by atoms with Crippen LogP contribution in [0.2, 0.25) is 0 Å². The van der Waals surface area contributed by atoms with Crippen LogP contribution < -0.4 is 5.32 Å². The number of carbonyl (C=O) groups is 1. The second-order valence-corrected chi connectivity index (χ2v) is 13.1. The first kappa shape index (κ1) is 29.0. The van der Waals surface area contributed by atoms with E-state index in [0.29, 0.717) is 6.42 Å². The quantitative estimate of drug-likeness (QED) is 0.296. The molecule has 0 bridgehead atoms. The van der Waals surface area contributed by atoms with Crippen molar-refractivity contribution in [2.24, 2.45) is 0 Å². The lowest BCUT2D eigenvalue weighted by molar-refractivity contribution is -0.136. The Morgan fingerprint density at radius 1 is 1.11 bits per heavy atom. The topological polar surface area (TPSA) is 107 Å². The number of nitrogens with zero attached hydrogens (tertiary/aromatic N) is 1. The van der Waals surface area contributed by atoms with Crippen molar-refractivity contribution in [3.8, 4) is 11.1 Å². The highest BCUT2D eigenvalue weighted by Crippen LogP contribution is 2.25. The van der Waals surface area contributed by atoms with Crippen LogP contribution in [0.3, 0.4) is 0 Å². The van der Waals surface area contributed by atoms with Crippen molar-refractivity contribution in [2.75, 3.05) is 20.1 Å². The second kappa shape index (κ2) is 12.3. The van der Waals surface area contributed by atoms with Gasteiger partial charge in [-0.1, -0.05) is 36.4 Å². The monoisotopic (exact) mass is 544 g/mol. The van der Waals surface area contributed by atoms with E-state index in [-0.39, 0.29) is 29.9 Å². The van der Waals surface area contributed by atoms with Gasteiger partial charge in [-0.2, -0.15) is 4.31 Å². The molecule has 0 radical (unpaired) electrons. The summed E-state index contributed by atoms with van der Waals surface area (Å²) in [6.45, 7) is 6.42. The first-order chi connectivity index (χ1) is 17.4. The Morgan fingerprint density at radius 2 is 1.78 bits per heavy atom. The molecule has 3 aromatic rings. The Morgan fingerprint density at radius 3 is 2.43 bits per heavy atom. The lowest BCUT2D eigenvalue weighted by Crippen LogP contribution is -2.47. The van der Waals surface area contributed by atoms with Crippen LogP contribution in [-0.4, -0.2) is 60.7 Å². The fourth-order valence-electron chi connectivity index (χ4n) is 4.11. The van der Waals surface area contributed by atoms with E-state index in [1.54, 1.807) is 29.5 Å². The predicted molar refractivity (Wildman–Crippen MR) is 148 cm³/mol. The number of aliphatic hydroxyl groups is 1. The Balaban J connectivity index is 1.64. The minimum Gasteiger partial charge on any atom is -0.481 e. The van der Waals surface area contributed by atoms with Crippen molar-refractivity contribution in [3.63, 3.8) is 0 Å². The molecule has 0 fully saturated rings. The molecule has 0 saturated heterocycles. The molecule has 0 saturated carbocycles. The van der Waals surface area contributed by atoms with E-state index in [9.17, 15) is 18.3 Å². The molecule has 3 rings (SSSR count). The van der Waals surface area contributed by atoms with Crippen LogP contribution in [0.4, 0.5) is 0 Å². The molecule has 0 amide bonds. The molecular weight excluding hydrogens is 508 g/mol. The van der Waals surface area contributed by atoms with E-state index >= 15 is 0 Å². The van der Waals surface area contributed by atoms with Gasteiger partial charge in [0.15, 0.2) is 0 Å². The molecule has 37 heavy (non-hydrogen) atoms. The molecule has 1 aromatic heterocycles. The number of aryl methyl sites for hydroxylation is 2. The molecule has 1 heterocycles. The SMILES string of the molecule is Cc1csc(CC(C)(C)NC[C@@H](O)CN(C)S(=O)(=O)c2cccc(-c3cccc(CCC(=O)O)c3)c2)c1. The number of aliphatic hydroxyl groups excluding tert-OH is 1. The second-order valence-electron chi connectivity index (χ2n) is 10.1. The normalized spacial score (nSPS) is 13.1. The van der Waals surface area contributed by atoms with Crippen molar-refractivity contribution in [2.45, 2.75) is 56.6 Å². The summed E-state index contributed by atoms with van der Waals surface area (Å²) in [6.07, 6.45) is 0.374. The van der Waals surface area contributed by atoms with E-state index < -0.39 is 22.1 Å². The highest BCUT2D eigenvalue weighted by molar-refractivity contribution is 7.89. The fraction of sp³-hybridized carbons (Fsp3) is 0.393. The average Bonchev–Trinajstić information content (AvgIpc) is 3.25. The molecule has 0 aliphatic heterocycles. The third-order valence-corrected chi connectivity index (χ3v) is 8.99. The van der Waals surface area contributed by atoms with E-state index in [1.165, 1.54) is 21.8 Å². The zero-order valence-corrected chi connectivity index (χ0v) is 23.4. The molecule has 7 nitrogen and oxygen atoms in total. The number of nitrogens with one attached hydrogen (secondary N) is 1. The lowest BCUT2D eigenvalue weighted by Gasteiger charge is -2.28. The molecule has 1 atom stereocenters. The summed E-state index contributed by atoms with van der Waals surface area (Å²) >= 11 is 1.71. The van der Waals surface area contributed by atoms with Gasteiger partial charge in [0.05, 0.1) is 11.0 Å². The van der Waals surface area contributed by atoms with Gasteiger partial charge in [0.1, 0.15) is 0 Å². The van der Waals surface area contributed by atoms with Gasteiger partial charge in [0.2, 0.25) is 10.0 Å². The molecule has 2 aromatic carbocycles. The minimum atomic E-state index is -3.83. The molecule has 0 aliphatic rings. The summed E-state index contributed by atoms with van der Waals surface area (Å²) in [5, 5.41) is 25.0. The van der Waals surface area contributed by atoms with E-state index in [1.807, 2.05) is 30.3 Å². The Hall–Kier alpha value is -2.56. The van der Waals surface area contributed by atoms with E-state index in [2.05, 4.69) is 37.5 Å². The summed E-state index contributed by atoms with van der Waals surface area (Å²) in [4.78, 5) is 12.3. The Labute approximate surface area is 223 Å². The van der Waals surface area contributed by atoms with Gasteiger partial charge in [-0.3, -0.25) is 4.79 Å². The molecule has 0 spiro atoms. The van der Waals surface area contributed by atoms with Crippen molar-refractivity contribution in [1.29, 1.82) is 0 Å². The van der Waals surface area contributed by atoms with Crippen LogP contribution in [0, 0.1) is 6.92 Å². The maximum Gasteiger partial charge on any atom is 0.303 e. The number of likely N-dealkylation sites (N-methyl/N-ethyl adjacent to an activating group) is 1. The number of rotatable bonds is 13. The van der Waals surface area contributed by atoms with Gasteiger partial charge in [-0.05, 0) is 79.4 Å². The number of benzene rings is 2. The third-order valence-electron chi connectivity index (χ3n) is 6.12. The maximum atomic E-state index is 13.3. The van der Waals surface area contributed by atoms with Gasteiger partial charge in [0.25, 0.3) is 0 Å². The maximum absolute atomic E-state index is 13.3. The van der Waals surface area contributed by atoms with Crippen LogP contribution in [0.1, 0.15) is 36.3 Å². The van der Waals surface area contributed by atoms with Crippen molar-refractivity contribution < 1.29 is 23.4 Å². The molecule has 0 aliphatic carbocycles. The minimum absolute atomic E-state index is 0.0325. The smallest absolute Gasteiger partial charge is 0.303 e. The molecule has 200 valence electrons. The standard InChI is InChI=1S/C28H36N2O5S2/c1-20-13-25(36-19-20)16-28(2,3)29-17-24(31)18-30(4)37(34,35)26-10-6-9-23(15-26)22-8-5-7-21(14-22)11-12-27(32)33/h5-10,13-15,19,24,29,31H,11-12,16-18H2,1-4H3,(H,32,33)/t24-/m1/s1. The van der Waals surface area contributed by atoms with E-state index in [0.717, 1.165) is 23.1 Å². The fourth-order valence-corrected chi connectivity index (χ4v) is 6.47. The number of carboxylic acids is 1. The van der Waals surface area contributed by atoms with Gasteiger partial charge in [0, 0.05) is 37.0 Å². The summed E-state index contributed by atoms with van der Waals surface area (Å²) in [7, 11) is -2.36. The number of β-amino-alcohol motifs (C(OH)–C–C–N with tert-alkyl or cyclic N) is 1. The highest BCUT2D eigenvalue weighted by Gasteiger charge is 2.25. The zero-order chi connectivity index (χ0) is 27.2. The highest BCUT2D eigenvalue weighted by atomic mass is 32.2. The summed E-state index contributed by atoms with van der Waals surface area (Å²) in [5.74, 6) is -0.861. The molecule has 3 N–H and O–H groups in total. The van der Waals surface area contributed by atoms with Crippen molar-refractivity contribution in [1.82, 2.24) is 9.62 Å². The van der Waals surface area contributed by atoms with Crippen LogP contribution in [0.25, 0.3) is 11.1 Å². The summed E-state index contributed by atoms with van der Waals surface area (Å²) in [5.41, 5.74) is 3.40. The number of thiophene rings is 1. The van der Waals surface area contributed by atoms with Crippen LogP contribution in [0.15, 0.2) is 64.9 Å². The van der Waals surface area contributed by atoms with Gasteiger partial charge in [-0.15, -0.1) is 11.3 Å². The molecule has 9 heteroatoms. The molecular formula is C28H36N2O5S2. The van der Waals surface area contributed by atoms with Crippen molar-refractivity contribution >= 4 is 27.3 Å². The number of carboxylic acid groups (broad SMARTS) is 1. The first-order valence-electron chi connectivity index (χ1n) is 12.2. The van der Waals surface area contributed by atoms with Crippen LogP contribution >= 0.6 is 11.3 Å². The number of hydrogen-bond donors (Lipinski definition) is 3. The lowest BCUT2D eigenvalue weighted by atomic mass is 9.99. The number of hydrogen-bond acceptors (Lipinski definition) is 6. The third kappa shape index (κ3) is 8.48. The molecule has 0 unspecified atom stereocenters. The Kier molecular flexibility index (Phi) is 9.66. The van der Waals surface area contributed by atoms with Gasteiger partial charge in [-0.25, -0.2) is 8.42 Å². The summed E-state index contributed by atoms with van der Waals surface area (Å²) < 4.78 is 27.7. The number of sulfonamides is 1.